The molecule has 0 amide bonds. The zero-order valence-corrected chi connectivity index (χ0v) is 13.4. The highest BCUT2D eigenvalue weighted by atomic mass is 32.9. The second kappa shape index (κ2) is 7.78. The lowest BCUT2D eigenvalue weighted by atomic mass is 10.3. The fourth-order valence-electron chi connectivity index (χ4n) is 1.81. The van der Waals surface area contributed by atoms with Crippen LogP contribution in [0.1, 0.15) is 46.5 Å². The highest BCUT2D eigenvalue weighted by Gasteiger charge is 2.19. The van der Waals surface area contributed by atoms with Crippen molar-refractivity contribution in [2.24, 2.45) is 4.99 Å². The van der Waals surface area contributed by atoms with E-state index in [0.717, 1.165) is 0 Å². The lowest BCUT2D eigenvalue weighted by Gasteiger charge is -2.22. The molecule has 0 aromatic rings. The van der Waals surface area contributed by atoms with Gasteiger partial charge in [0.15, 0.2) is 0 Å². The normalized spacial score (nSPS) is 21.2. The van der Waals surface area contributed by atoms with Crippen LogP contribution in [0.5, 0.6) is 0 Å². The number of rotatable bonds is 7. The third kappa shape index (κ3) is 6.23. The molecule has 1 fully saturated rings. The van der Waals surface area contributed by atoms with Crippen LogP contribution in [-0.4, -0.2) is 24.2 Å². The first-order chi connectivity index (χ1) is 8.06. The van der Waals surface area contributed by atoms with Gasteiger partial charge in [0.2, 0.25) is 5.62 Å². The van der Waals surface area contributed by atoms with E-state index in [1.54, 1.807) is 17.7 Å². The van der Waals surface area contributed by atoms with E-state index in [-0.39, 0.29) is 0 Å². The van der Waals surface area contributed by atoms with Gasteiger partial charge < -0.3 is 9.61 Å². The lowest BCUT2D eigenvalue weighted by Crippen LogP contribution is -2.11. The van der Waals surface area contributed by atoms with Crippen molar-refractivity contribution < 1.29 is 4.52 Å². The maximum Gasteiger partial charge on any atom is 0.211 e. The number of nitrogens with one attached hydrogen (secondary N) is 1. The maximum absolute atomic E-state index is 5.69. The Bertz CT molecular complexity index is 291. The van der Waals surface area contributed by atoms with E-state index in [4.69, 9.17) is 16.3 Å². The van der Waals surface area contributed by atoms with Gasteiger partial charge in [-0.25, -0.2) is 0 Å². The molecule has 1 aliphatic carbocycles. The van der Waals surface area contributed by atoms with Gasteiger partial charge in [0, 0.05) is 5.25 Å². The quantitative estimate of drug-likeness (QED) is 0.438. The molecule has 100 valence electrons. The molecule has 0 aliphatic heterocycles. The SMILES string of the molecule is CCOP(=S)(NC=NC1CCCC1)SC(C)C. The Labute approximate surface area is 114 Å². The summed E-state index contributed by atoms with van der Waals surface area (Å²) in [6.07, 6.45) is 6.84. The van der Waals surface area contributed by atoms with Crippen LogP contribution in [0.2, 0.25) is 0 Å². The fourth-order valence-corrected chi connectivity index (χ4v) is 7.60. The molecule has 17 heavy (non-hydrogen) atoms. The third-order valence-corrected chi connectivity index (χ3v) is 8.34. The molecule has 0 saturated heterocycles. The maximum atomic E-state index is 5.69. The molecule has 6 heteroatoms. The molecule has 0 heterocycles. The van der Waals surface area contributed by atoms with Crippen molar-refractivity contribution in [1.82, 2.24) is 5.09 Å². The summed E-state index contributed by atoms with van der Waals surface area (Å²) in [5.41, 5.74) is -1.98. The van der Waals surface area contributed by atoms with Gasteiger partial charge in [0.05, 0.1) is 19.0 Å². The van der Waals surface area contributed by atoms with Crippen molar-refractivity contribution in [2.75, 3.05) is 6.61 Å². The van der Waals surface area contributed by atoms with Crippen LogP contribution in [0, 0.1) is 0 Å². The van der Waals surface area contributed by atoms with Gasteiger partial charge in [0.25, 0.3) is 0 Å². The van der Waals surface area contributed by atoms with Crippen LogP contribution < -0.4 is 5.09 Å². The zero-order chi connectivity index (χ0) is 12.7. The summed E-state index contributed by atoms with van der Waals surface area (Å²) in [4.78, 5) is 4.53. The summed E-state index contributed by atoms with van der Waals surface area (Å²) < 4.78 is 5.69. The van der Waals surface area contributed by atoms with E-state index in [2.05, 4.69) is 23.9 Å². The first kappa shape index (κ1) is 15.5. The second-order valence-corrected chi connectivity index (χ2v) is 11.5. The molecule has 1 N–H and O–H groups in total. The molecule has 0 spiro atoms. The predicted molar refractivity (Wildman–Crippen MR) is 82.5 cm³/mol. The lowest BCUT2D eigenvalue weighted by molar-refractivity contribution is 0.383. The Morgan fingerprint density at radius 1 is 1.53 bits per heavy atom. The first-order valence-corrected chi connectivity index (χ1v) is 10.5. The van der Waals surface area contributed by atoms with Gasteiger partial charge in [-0.1, -0.05) is 38.1 Å². The van der Waals surface area contributed by atoms with Gasteiger partial charge in [-0.3, -0.25) is 4.99 Å². The van der Waals surface area contributed by atoms with Crippen LogP contribution >= 0.6 is 17.0 Å². The monoisotopic (exact) mass is 294 g/mol. The molecular formula is C11H23N2OPS2. The molecular weight excluding hydrogens is 271 g/mol. The third-order valence-electron chi connectivity index (χ3n) is 2.47. The fraction of sp³-hybridized carbons (Fsp3) is 0.909. The molecule has 0 radical (unpaired) electrons. The summed E-state index contributed by atoms with van der Waals surface area (Å²) in [5.74, 6) is 0. The van der Waals surface area contributed by atoms with E-state index >= 15 is 0 Å². The summed E-state index contributed by atoms with van der Waals surface area (Å²) in [7, 11) is 0. The average molecular weight is 294 g/mol. The topological polar surface area (TPSA) is 33.6 Å². The minimum atomic E-state index is -1.98. The number of aliphatic imine (C=N–C) groups is 1. The second-order valence-electron chi connectivity index (χ2n) is 4.41. The van der Waals surface area contributed by atoms with Crippen molar-refractivity contribution >= 4 is 35.1 Å². The predicted octanol–water partition coefficient (Wildman–Crippen LogP) is 3.95. The smallest absolute Gasteiger partial charge is 0.211 e. The zero-order valence-electron chi connectivity index (χ0n) is 10.9. The number of nitrogens with zero attached hydrogens (tertiary/aromatic N) is 1. The van der Waals surface area contributed by atoms with Crippen molar-refractivity contribution in [2.45, 2.75) is 57.7 Å². The largest absolute Gasteiger partial charge is 0.327 e. The molecule has 1 saturated carbocycles. The summed E-state index contributed by atoms with van der Waals surface area (Å²) in [6.45, 7) is 6.92. The Hall–Kier alpha value is 0.430. The Morgan fingerprint density at radius 2 is 2.18 bits per heavy atom. The Morgan fingerprint density at radius 3 is 2.71 bits per heavy atom. The standard InChI is InChI=1S/C11H23N2OPS2/c1-4-14-15(16,17-10(2)3)13-9-12-11-7-5-6-8-11/h9-11H,4-8H2,1-3H3,(H,12,13,16). The first-order valence-electron chi connectivity index (χ1n) is 6.28. The van der Waals surface area contributed by atoms with Crippen LogP contribution in [0.4, 0.5) is 0 Å². The summed E-state index contributed by atoms with van der Waals surface area (Å²) in [6, 6.07) is 0.497. The minimum absolute atomic E-state index is 0.472. The van der Waals surface area contributed by atoms with Gasteiger partial charge >= 0.3 is 0 Å². The van der Waals surface area contributed by atoms with Gasteiger partial charge in [-0.05, 0) is 31.6 Å². The summed E-state index contributed by atoms with van der Waals surface area (Å²) >= 11 is 7.28. The molecule has 0 aromatic heterocycles. The van der Waals surface area contributed by atoms with Crippen LogP contribution in [0.25, 0.3) is 0 Å². The van der Waals surface area contributed by atoms with E-state index < -0.39 is 5.62 Å². The van der Waals surface area contributed by atoms with E-state index in [0.29, 0.717) is 17.9 Å². The van der Waals surface area contributed by atoms with Crippen molar-refractivity contribution in [3.05, 3.63) is 0 Å². The molecule has 1 aliphatic rings. The number of hydrogen-bond acceptors (Lipinski definition) is 4. The van der Waals surface area contributed by atoms with Crippen LogP contribution in [0.15, 0.2) is 4.99 Å². The molecule has 1 unspecified atom stereocenters. The van der Waals surface area contributed by atoms with E-state index in [9.17, 15) is 0 Å². The van der Waals surface area contributed by atoms with Crippen molar-refractivity contribution in [3.63, 3.8) is 0 Å². The summed E-state index contributed by atoms with van der Waals surface area (Å²) in [5, 5.41) is 3.70. The van der Waals surface area contributed by atoms with Crippen molar-refractivity contribution in [1.29, 1.82) is 0 Å². The highest BCUT2D eigenvalue weighted by molar-refractivity contribution is 8.69. The van der Waals surface area contributed by atoms with Gasteiger partial charge in [0.1, 0.15) is 0 Å². The Kier molecular flexibility index (Phi) is 7.08. The molecule has 1 atom stereocenters. The van der Waals surface area contributed by atoms with Gasteiger partial charge in [-0.15, -0.1) is 0 Å². The Balaban J connectivity index is 2.45. The minimum Gasteiger partial charge on any atom is -0.327 e. The van der Waals surface area contributed by atoms with Gasteiger partial charge in [-0.2, -0.15) is 0 Å². The van der Waals surface area contributed by atoms with Crippen LogP contribution in [-0.2, 0) is 16.3 Å². The van der Waals surface area contributed by atoms with E-state index in [1.165, 1.54) is 25.7 Å². The average Bonchev–Trinajstić information content (AvgIpc) is 2.69. The van der Waals surface area contributed by atoms with E-state index in [1.807, 2.05) is 6.92 Å². The van der Waals surface area contributed by atoms with Crippen LogP contribution in [0.3, 0.4) is 0 Å². The highest BCUT2D eigenvalue weighted by Crippen LogP contribution is 2.57. The molecule has 0 aromatic carbocycles. The number of hydrogen-bond donors (Lipinski definition) is 1. The molecule has 1 rings (SSSR count). The van der Waals surface area contributed by atoms with Crippen molar-refractivity contribution in [3.8, 4) is 0 Å². The molecule has 0 bridgehead atoms. The molecule has 3 nitrogen and oxygen atoms in total.